The Labute approximate surface area is 103 Å². The van der Waals surface area contributed by atoms with Crippen LogP contribution in [0.15, 0.2) is 16.8 Å². The number of aryl methyl sites for hydroxylation is 1. The standard InChI is InChI=1S/C13H23NOS/c1-3-8-14-13(10-15-2)6-4-5-12-7-9-16-11-12/h7,9,11,13-14H,3-6,8,10H2,1-2H3. The fourth-order valence-electron chi connectivity index (χ4n) is 1.78. The van der Waals surface area contributed by atoms with Crippen molar-refractivity contribution in [2.24, 2.45) is 0 Å². The molecule has 0 aromatic carbocycles. The van der Waals surface area contributed by atoms with Gasteiger partial charge in [0.25, 0.3) is 0 Å². The second-order valence-corrected chi connectivity index (χ2v) is 4.91. The normalized spacial score (nSPS) is 12.9. The van der Waals surface area contributed by atoms with Gasteiger partial charge in [0.2, 0.25) is 0 Å². The summed E-state index contributed by atoms with van der Waals surface area (Å²) in [6.45, 7) is 4.11. The van der Waals surface area contributed by atoms with Crippen LogP contribution in [0, 0.1) is 0 Å². The number of hydrogen-bond donors (Lipinski definition) is 1. The summed E-state index contributed by atoms with van der Waals surface area (Å²) >= 11 is 1.78. The lowest BCUT2D eigenvalue weighted by atomic mass is 10.1. The maximum atomic E-state index is 5.23. The fourth-order valence-corrected chi connectivity index (χ4v) is 2.48. The first-order chi connectivity index (χ1) is 7.86. The Morgan fingerprint density at radius 3 is 3.00 bits per heavy atom. The van der Waals surface area contributed by atoms with Crippen molar-refractivity contribution in [1.29, 1.82) is 0 Å². The first-order valence-corrected chi connectivity index (χ1v) is 7.04. The minimum atomic E-state index is 0.517. The van der Waals surface area contributed by atoms with E-state index in [-0.39, 0.29) is 0 Å². The third-order valence-electron chi connectivity index (χ3n) is 2.65. The summed E-state index contributed by atoms with van der Waals surface area (Å²) in [6.07, 6.45) is 4.81. The van der Waals surface area contributed by atoms with Crippen LogP contribution in [-0.4, -0.2) is 26.3 Å². The van der Waals surface area contributed by atoms with Gasteiger partial charge >= 0.3 is 0 Å². The zero-order valence-corrected chi connectivity index (χ0v) is 11.2. The Hall–Kier alpha value is -0.380. The molecule has 16 heavy (non-hydrogen) atoms. The van der Waals surface area contributed by atoms with Crippen LogP contribution < -0.4 is 5.32 Å². The van der Waals surface area contributed by atoms with Crippen molar-refractivity contribution in [2.75, 3.05) is 20.3 Å². The molecule has 0 saturated carbocycles. The predicted molar refractivity (Wildman–Crippen MR) is 71.2 cm³/mol. The Bertz CT molecular complexity index is 248. The van der Waals surface area contributed by atoms with Crippen LogP contribution in [0.4, 0.5) is 0 Å². The van der Waals surface area contributed by atoms with Gasteiger partial charge < -0.3 is 10.1 Å². The molecule has 0 bridgehead atoms. The lowest BCUT2D eigenvalue weighted by Crippen LogP contribution is -2.33. The van der Waals surface area contributed by atoms with Gasteiger partial charge in [-0.1, -0.05) is 6.92 Å². The van der Waals surface area contributed by atoms with Crippen LogP contribution in [0.3, 0.4) is 0 Å². The van der Waals surface area contributed by atoms with Crippen LogP contribution in [0.25, 0.3) is 0 Å². The van der Waals surface area contributed by atoms with E-state index in [2.05, 4.69) is 29.1 Å². The van der Waals surface area contributed by atoms with Gasteiger partial charge in [-0.15, -0.1) is 0 Å². The highest BCUT2D eigenvalue weighted by atomic mass is 32.1. The third-order valence-corrected chi connectivity index (χ3v) is 3.38. The summed E-state index contributed by atoms with van der Waals surface area (Å²) in [7, 11) is 1.78. The van der Waals surface area contributed by atoms with Gasteiger partial charge in [-0.3, -0.25) is 0 Å². The molecule has 0 radical (unpaired) electrons. The van der Waals surface area contributed by atoms with Gasteiger partial charge in [0, 0.05) is 13.2 Å². The molecule has 0 fully saturated rings. The lowest BCUT2D eigenvalue weighted by molar-refractivity contribution is 0.161. The van der Waals surface area contributed by atoms with E-state index in [4.69, 9.17) is 4.74 Å². The average molecular weight is 241 g/mol. The van der Waals surface area contributed by atoms with Gasteiger partial charge in [-0.05, 0) is 54.6 Å². The molecule has 0 aliphatic carbocycles. The van der Waals surface area contributed by atoms with E-state index in [1.807, 2.05) is 0 Å². The molecule has 1 heterocycles. The second-order valence-electron chi connectivity index (χ2n) is 4.13. The van der Waals surface area contributed by atoms with Crippen molar-refractivity contribution in [2.45, 2.75) is 38.6 Å². The smallest absolute Gasteiger partial charge is 0.0615 e. The number of methoxy groups -OCH3 is 1. The molecule has 0 spiro atoms. The minimum absolute atomic E-state index is 0.517. The van der Waals surface area contributed by atoms with Crippen molar-refractivity contribution in [3.63, 3.8) is 0 Å². The Morgan fingerprint density at radius 2 is 2.38 bits per heavy atom. The third kappa shape index (κ3) is 5.64. The van der Waals surface area contributed by atoms with E-state index < -0.39 is 0 Å². The molecule has 92 valence electrons. The average Bonchev–Trinajstić information content (AvgIpc) is 2.79. The first-order valence-electron chi connectivity index (χ1n) is 6.10. The summed E-state index contributed by atoms with van der Waals surface area (Å²) < 4.78 is 5.23. The maximum Gasteiger partial charge on any atom is 0.0615 e. The largest absolute Gasteiger partial charge is 0.383 e. The van der Waals surface area contributed by atoms with Crippen molar-refractivity contribution >= 4 is 11.3 Å². The molecule has 1 rings (SSSR count). The van der Waals surface area contributed by atoms with E-state index in [9.17, 15) is 0 Å². The molecule has 0 saturated heterocycles. The molecular weight excluding hydrogens is 218 g/mol. The summed E-state index contributed by atoms with van der Waals surface area (Å²) in [4.78, 5) is 0. The van der Waals surface area contributed by atoms with Crippen molar-refractivity contribution in [3.8, 4) is 0 Å². The van der Waals surface area contributed by atoms with Gasteiger partial charge in [0.1, 0.15) is 0 Å². The molecule has 1 unspecified atom stereocenters. The Morgan fingerprint density at radius 1 is 1.50 bits per heavy atom. The summed E-state index contributed by atoms with van der Waals surface area (Å²) in [6, 6.07) is 2.73. The molecule has 0 amide bonds. The zero-order chi connectivity index (χ0) is 11.6. The molecule has 0 aliphatic heterocycles. The molecule has 1 aromatic rings. The molecule has 2 nitrogen and oxygen atoms in total. The first kappa shape index (κ1) is 13.7. The highest BCUT2D eigenvalue weighted by Gasteiger charge is 2.06. The van der Waals surface area contributed by atoms with Crippen LogP contribution >= 0.6 is 11.3 Å². The van der Waals surface area contributed by atoms with Gasteiger partial charge in [-0.25, -0.2) is 0 Å². The Balaban J connectivity index is 2.15. The van der Waals surface area contributed by atoms with E-state index in [1.54, 1.807) is 18.4 Å². The second kappa shape index (κ2) is 8.74. The molecule has 3 heteroatoms. The summed E-state index contributed by atoms with van der Waals surface area (Å²) in [5.74, 6) is 0. The maximum absolute atomic E-state index is 5.23. The van der Waals surface area contributed by atoms with E-state index in [0.29, 0.717) is 6.04 Å². The molecule has 1 aromatic heterocycles. The van der Waals surface area contributed by atoms with Crippen LogP contribution in [0.2, 0.25) is 0 Å². The highest BCUT2D eigenvalue weighted by Crippen LogP contribution is 2.10. The predicted octanol–water partition coefficient (Wildman–Crippen LogP) is 3.09. The fraction of sp³-hybridized carbons (Fsp3) is 0.692. The summed E-state index contributed by atoms with van der Waals surface area (Å²) in [5.41, 5.74) is 1.47. The van der Waals surface area contributed by atoms with Gasteiger partial charge in [0.05, 0.1) is 6.61 Å². The van der Waals surface area contributed by atoms with Crippen LogP contribution in [0.1, 0.15) is 31.7 Å². The zero-order valence-electron chi connectivity index (χ0n) is 10.4. The topological polar surface area (TPSA) is 21.3 Å². The lowest BCUT2D eigenvalue weighted by Gasteiger charge is -2.17. The Kier molecular flexibility index (Phi) is 7.47. The number of thiophene rings is 1. The van der Waals surface area contributed by atoms with Crippen LogP contribution in [0.5, 0.6) is 0 Å². The molecular formula is C13H23NOS. The monoisotopic (exact) mass is 241 g/mol. The van der Waals surface area contributed by atoms with Crippen molar-refractivity contribution in [3.05, 3.63) is 22.4 Å². The molecule has 1 N–H and O–H groups in total. The van der Waals surface area contributed by atoms with E-state index in [0.717, 1.165) is 13.2 Å². The van der Waals surface area contributed by atoms with Gasteiger partial charge in [0.15, 0.2) is 0 Å². The number of hydrogen-bond acceptors (Lipinski definition) is 3. The minimum Gasteiger partial charge on any atom is -0.383 e. The van der Waals surface area contributed by atoms with Crippen molar-refractivity contribution in [1.82, 2.24) is 5.32 Å². The summed E-state index contributed by atoms with van der Waals surface area (Å²) in [5, 5.41) is 7.92. The number of ether oxygens (including phenoxy) is 1. The van der Waals surface area contributed by atoms with Crippen LogP contribution in [-0.2, 0) is 11.2 Å². The SMILES string of the molecule is CCCNC(CCCc1ccsc1)COC. The van der Waals surface area contributed by atoms with E-state index in [1.165, 1.54) is 31.2 Å². The quantitative estimate of drug-likeness (QED) is 0.717. The molecule has 0 aliphatic rings. The van der Waals surface area contributed by atoms with E-state index >= 15 is 0 Å². The van der Waals surface area contributed by atoms with Crippen molar-refractivity contribution < 1.29 is 4.74 Å². The number of rotatable bonds is 9. The highest BCUT2D eigenvalue weighted by molar-refractivity contribution is 7.07. The molecule has 1 atom stereocenters. The number of nitrogens with one attached hydrogen (secondary N) is 1. The van der Waals surface area contributed by atoms with Gasteiger partial charge in [-0.2, -0.15) is 11.3 Å².